The van der Waals surface area contributed by atoms with E-state index in [0.29, 0.717) is 5.69 Å². The number of fused-ring (bicyclic) bond motifs is 2. The third kappa shape index (κ3) is 2.20. The van der Waals surface area contributed by atoms with Crippen LogP contribution < -0.4 is 5.32 Å². The lowest BCUT2D eigenvalue weighted by molar-refractivity contribution is 0.102. The number of hydrogen-bond donors (Lipinski definition) is 1. The second-order valence-electron chi connectivity index (χ2n) is 5.38. The minimum absolute atomic E-state index is 0.237. The van der Waals surface area contributed by atoms with Crippen molar-refractivity contribution >= 4 is 22.5 Å². The largest absolute Gasteiger partial charge is 0.320 e. The Morgan fingerprint density at radius 3 is 3.00 bits per heavy atom. The molecule has 1 amide bonds. The van der Waals surface area contributed by atoms with Crippen molar-refractivity contribution in [2.75, 3.05) is 5.32 Å². The van der Waals surface area contributed by atoms with Gasteiger partial charge >= 0.3 is 0 Å². The molecule has 2 aromatic heterocycles. The maximum Gasteiger partial charge on any atom is 0.276 e. The number of hydrogen-bond acceptors (Lipinski definition) is 4. The van der Waals surface area contributed by atoms with Crippen molar-refractivity contribution in [2.24, 2.45) is 0 Å². The highest BCUT2D eigenvalue weighted by atomic mass is 16.1. The number of aryl methyl sites for hydroxylation is 2. The molecule has 4 rings (SSSR count). The van der Waals surface area contributed by atoms with Gasteiger partial charge in [-0.05, 0) is 55.2 Å². The predicted octanol–water partition coefficient (Wildman–Crippen LogP) is 2.77. The molecule has 1 aliphatic rings. The summed E-state index contributed by atoms with van der Waals surface area (Å²) in [5.41, 5.74) is 4.10. The van der Waals surface area contributed by atoms with Gasteiger partial charge < -0.3 is 5.32 Å². The van der Waals surface area contributed by atoms with E-state index in [9.17, 15) is 4.79 Å². The monoisotopic (exact) mass is 290 g/mol. The first-order valence-electron chi connectivity index (χ1n) is 7.32. The average Bonchev–Trinajstić information content (AvgIpc) is 3.02. The summed E-state index contributed by atoms with van der Waals surface area (Å²) in [6, 6.07) is 11.3. The Morgan fingerprint density at radius 2 is 2.05 bits per heavy atom. The molecule has 0 atom stereocenters. The molecular formula is C17H14N4O. The normalized spacial score (nSPS) is 13.1. The Morgan fingerprint density at radius 1 is 1.09 bits per heavy atom. The zero-order chi connectivity index (χ0) is 14.9. The molecule has 3 aromatic rings. The Kier molecular flexibility index (Phi) is 3.04. The summed E-state index contributed by atoms with van der Waals surface area (Å²) in [4.78, 5) is 16.7. The number of anilines is 1. The van der Waals surface area contributed by atoms with Crippen LogP contribution in [0.1, 0.15) is 28.2 Å². The molecule has 0 fully saturated rings. The van der Waals surface area contributed by atoms with Crippen molar-refractivity contribution in [2.45, 2.75) is 19.3 Å². The van der Waals surface area contributed by atoms with Gasteiger partial charge in [-0.3, -0.25) is 9.78 Å². The molecule has 108 valence electrons. The second kappa shape index (κ2) is 5.18. The van der Waals surface area contributed by atoms with Crippen molar-refractivity contribution in [3.05, 3.63) is 59.5 Å². The lowest BCUT2D eigenvalue weighted by atomic mass is 10.1. The van der Waals surface area contributed by atoms with E-state index >= 15 is 0 Å². The number of carbonyl (C=O) groups excluding carboxylic acids is 1. The molecule has 0 saturated carbocycles. The minimum atomic E-state index is -0.237. The number of aromatic nitrogens is 3. The van der Waals surface area contributed by atoms with Crippen LogP contribution in [0.25, 0.3) is 10.9 Å². The number of amides is 1. The smallest absolute Gasteiger partial charge is 0.276 e. The van der Waals surface area contributed by atoms with E-state index in [1.165, 1.54) is 0 Å². The fraction of sp³-hybridized carbons (Fsp3) is 0.176. The van der Waals surface area contributed by atoms with Gasteiger partial charge in [0.05, 0.1) is 16.9 Å². The van der Waals surface area contributed by atoms with Crippen LogP contribution in [0.2, 0.25) is 0 Å². The quantitative estimate of drug-likeness (QED) is 0.788. The van der Waals surface area contributed by atoms with Crippen LogP contribution in [0.4, 0.5) is 5.69 Å². The zero-order valence-electron chi connectivity index (χ0n) is 11.9. The van der Waals surface area contributed by atoms with Gasteiger partial charge in [0.2, 0.25) is 0 Å². The van der Waals surface area contributed by atoms with Crippen LogP contribution >= 0.6 is 0 Å². The van der Waals surface area contributed by atoms with Gasteiger partial charge in [0, 0.05) is 11.6 Å². The van der Waals surface area contributed by atoms with Gasteiger partial charge in [0.1, 0.15) is 0 Å². The average molecular weight is 290 g/mol. The SMILES string of the molecule is O=C(Nc1cccc2ncccc12)c1cc2c(nn1)CCC2. The maximum absolute atomic E-state index is 12.4. The number of nitrogens with zero attached hydrogens (tertiary/aromatic N) is 3. The van der Waals surface area contributed by atoms with Gasteiger partial charge in [-0.15, -0.1) is 5.10 Å². The van der Waals surface area contributed by atoms with E-state index in [1.807, 2.05) is 36.4 Å². The third-order valence-corrected chi connectivity index (χ3v) is 3.95. The van der Waals surface area contributed by atoms with E-state index in [4.69, 9.17) is 0 Å². The molecule has 0 saturated heterocycles. The topological polar surface area (TPSA) is 67.8 Å². The number of nitrogens with one attached hydrogen (secondary N) is 1. The maximum atomic E-state index is 12.4. The molecule has 0 bridgehead atoms. The zero-order valence-corrected chi connectivity index (χ0v) is 11.9. The predicted molar refractivity (Wildman–Crippen MR) is 83.8 cm³/mol. The fourth-order valence-electron chi connectivity index (χ4n) is 2.84. The standard InChI is InChI=1S/C17H14N4O/c22-17(16-10-11-4-1-6-13(11)20-21-16)19-15-8-2-7-14-12(15)5-3-9-18-14/h2-3,5,7-10H,1,4,6H2,(H,19,22). The van der Waals surface area contributed by atoms with Gasteiger partial charge in [0.15, 0.2) is 5.69 Å². The molecular weight excluding hydrogens is 276 g/mol. The molecule has 1 N–H and O–H groups in total. The molecule has 0 spiro atoms. The summed E-state index contributed by atoms with van der Waals surface area (Å²) >= 11 is 0. The molecule has 5 nitrogen and oxygen atoms in total. The van der Waals surface area contributed by atoms with Crippen molar-refractivity contribution in [1.29, 1.82) is 0 Å². The highest BCUT2D eigenvalue weighted by Gasteiger charge is 2.17. The molecule has 0 radical (unpaired) electrons. The van der Waals surface area contributed by atoms with Crippen LogP contribution in [-0.2, 0) is 12.8 Å². The first kappa shape index (κ1) is 12.9. The molecule has 0 unspecified atom stereocenters. The highest BCUT2D eigenvalue weighted by molar-refractivity contribution is 6.07. The summed E-state index contributed by atoms with van der Waals surface area (Å²) in [7, 11) is 0. The van der Waals surface area contributed by atoms with E-state index in [2.05, 4.69) is 20.5 Å². The summed E-state index contributed by atoms with van der Waals surface area (Å²) < 4.78 is 0. The van der Waals surface area contributed by atoms with Gasteiger partial charge in [-0.2, -0.15) is 5.10 Å². The third-order valence-electron chi connectivity index (χ3n) is 3.95. The molecule has 1 aromatic carbocycles. The van der Waals surface area contributed by atoms with Crippen molar-refractivity contribution in [3.8, 4) is 0 Å². The lowest BCUT2D eigenvalue weighted by Gasteiger charge is -2.08. The van der Waals surface area contributed by atoms with Gasteiger partial charge in [0.25, 0.3) is 5.91 Å². The van der Waals surface area contributed by atoms with E-state index < -0.39 is 0 Å². The summed E-state index contributed by atoms with van der Waals surface area (Å²) in [5.74, 6) is -0.237. The van der Waals surface area contributed by atoms with E-state index in [0.717, 1.165) is 47.1 Å². The second-order valence-corrected chi connectivity index (χ2v) is 5.38. The molecule has 1 aliphatic carbocycles. The van der Waals surface area contributed by atoms with E-state index in [-0.39, 0.29) is 5.91 Å². The Labute approximate surface area is 127 Å². The molecule has 0 aliphatic heterocycles. The van der Waals surface area contributed by atoms with Crippen molar-refractivity contribution in [1.82, 2.24) is 15.2 Å². The number of rotatable bonds is 2. The number of pyridine rings is 1. The number of carbonyl (C=O) groups is 1. The fourth-order valence-corrected chi connectivity index (χ4v) is 2.84. The summed E-state index contributed by atoms with van der Waals surface area (Å²) in [5, 5.41) is 12.0. The van der Waals surface area contributed by atoms with E-state index in [1.54, 1.807) is 6.20 Å². The lowest BCUT2D eigenvalue weighted by Crippen LogP contribution is -2.15. The first-order valence-corrected chi connectivity index (χ1v) is 7.32. The van der Waals surface area contributed by atoms with Gasteiger partial charge in [-0.1, -0.05) is 6.07 Å². The summed E-state index contributed by atoms with van der Waals surface area (Å²) in [6.07, 6.45) is 4.76. The van der Waals surface area contributed by atoms with Gasteiger partial charge in [-0.25, -0.2) is 0 Å². The van der Waals surface area contributed by atoms with Crippen LogP contribution in [0.15, 0.2) is 42.6 Å². The van der Waals surface area contributed by atoms with Crippen LogP contribution in [0.5, 0.6) is 0 Å². The number of benzene rings is 1. The van der Waals surface area contributed by atoms with Crippen molar-refractivity contribution in [3.63, 3.8) is 0 Å². The molecule has 5 heteroatoms. The Hall–Kier alpha value is -2.82. The van der Waals surface area contributed by atoms with Crippen molar-refractivity contribution < 1.29 is 4.79 Å². The first-order chi connectivity index (χ1) is 10.8. The highest BCUT2D eigenvalue weighted by Crippen LogP contribution is 2.23. The molecule has 22 heavy (non-hydrogen) atoms. The van der Waals surface area contributed by atoms with Crippen LogP contribution in [-0.4, -0.2) is 21.1 Å². The van der Waals surface area contributed by atoms with Crippen LogP contribution in [0.3, 0.4) is 0 Å². The van der Waals surface area contributed by atoms with Crippen LogP contribution in [0, 0.1) is 0 Å². The molecule has 2 heterocycles. The summed E-state index contributed by atoms with van der Waals surface area (Å²) in [6.45, 7) is 0. The minimum Gasteiger partial charge on any atom is -0.320 e. The Bertz CT molecular complexity index is 870. The Balaban J connectivity index is 1.66.